The fraction of sp³-hybridized carbons (Fsp3) is 0.130. The minimum Gasteiger partial charge on any atom is -0.507 e. The van der Waals surface area contributed by atoms with E-state index in [-0.39, 0.29) is 17.4 Å². The van der Waals surface area contributed by atoms with Crippen LogP contribution in [-0.2, 0) is 0 Å². The Balaban J connectivity index is 1.77. The van der Waals surface area contributed by atoms with Crippen molar-refractivity contribution in [1.29, 1.82) is 0 Å². The summed E-state index contributed by atoms with van der Waals surface area (Å²) in [6.07, 6.45) is 4.50. The second-order valence-corrected chi connectivity index (χ2v) is 6.71. The van der Waals surface area contributed by atoms with Crippen LogP contribution in [0.25, 0.3) is 6.08 Å². The molecule has 0 fully saturated rings. The van der Waals surface area contributed by atoms with Crippen LogP contribution in [0.4, 0.5) is 11.4 Å². The molecule has 4 rings (SSSR count). The number of aromatic hydroxyl groups is 1. The predicted molar refractivity (Wildman–Crippen MR) is 112 cm³/mol. The highest BCUT2D eigenvalue weighted by atomic mass is 16.4. The van der Waals surface area contributed by atoms with E-state index in [1.165, 1.54) is 6.07 Å². The van der Waals surface area contributed by atoms with E-state index >= 15 is 0 Å². The summed E-state index contributed by atoms with van der Waals surface area (Å²) in [7, 11) is 0. The van der Waals surface area contributed by atoms with Gasteiger partial charge in [0.25, 0.3) is 0 Å². The molecule has 2 aromatic carbocycles. The maximum absolute atomic E-state index is 12.4. The highest BCUT2D eigenvalue weighted by Crippen LogP contribution is 2.31. The molecule has 0 amide bonds. The van der Waals surface area contributed by atoms with Crippen molar-refractivity contribution >= 4 is 23.2 Å². The molecule has 0 unspecified atom stereocenters. The Bertz CT molecular complexity index is 1110. The lowest BCUT2D eigenvalue weighted by Gasteiger charge is -2.15. The standard InChI is InChI=1S/C23H20N2O3/c1-15-13-21(26)22(23(27)28-15)20-14-17(12-11-16-7-3-2-4-8-16)24-18-9-5-6-10-19(18)25-20/h2-13,17,24,26H,14H2,1H3/b12-11+/t17-/m1/s1. The summed E-state index contributed by atoms with van der Waals surface area (Å²) < 4.78 is 5.20. The number of benzene rings is 2. The average molecular weight is 372 g/mol. The summed E-state index contributed by atoms with van der Waals surface area (Å²) in [5.74, 6) is 0.247. The van der Waals surface area contributed by atoms with Gasteiger partial charge >= 0.3 is 5.63 Å². The summed E-state index contributed by atoms with van der Waals surface area (Å²) >= 11 is 0. The molecular formula is C23H20N2O3. The summed E-state index contributed by atoms with van der Waals surface area (Å²) in [4.78, 5) is 17.1. The minimum atomic E-state index is -0.582. The number of aliphatic imine (C=N–C) groups is 1. The topological polar surface area (TPSA) is 74.8 Å². The van der Waals surface area contributed by atoms with Crippen LogP contribution in [0.5, 0.6) is 5.75 Å². The zero-order chi connectivity index (χ0) is 19.5. The normalized spacial score (nSPS) is 16.2. The number of aryl methyl sites for hydroxylation is 1. The van der Waals surface area contributed by atoms with Crippen molar-refractivity contribution in [2.75, 3.05) is 5.32 Å². The number of fused-ring (bicyclic) bond motifs is 1. The molecule has 1 aliphatic rings. The second-order valence-electron chi connectivity index (χ2n) is 6.71. The van der Waals surface area contributed by atoms with Gasteiger partial charge in [0.05, 0.1) is 23.1 Å². The van der Waals surface area contributed by atoms with E-state index in [1.807, 2.05) is 66.7 Å². The molecule has 0 saturated carbocycles. The van der Waals surface area contributed by atoms with Crippen LogP contribution in [0.2, 0.25) is 0 Å². The van der Waals surface area contributed by atoms with E-state index < -0.39 is 5.63 Å². The Morgan fingerprint density at radius 3 is 2.68 bits per heavy atom. The van der Waals surface area contributed by atoms with Gasteiger partial charge in [0.1, 0.15) is 17.1 Å². The average Bonchev–Trinajstić information content (AvgIpc) is 2.85. The lowest BCUT2D eigenvalue weighted by molar-refractivity contribution is 0.432. The molecule has 2 heterocycles. The molecule has 0 radical (unpaired) electrons. The van der Waals surface area contributed by atoms with Gasteiger partial charge < -0.3 is 14.8 Å². The lowest BCUT2D eigenvalue weighted by atomic mass is 10.0. The van der Waals surface area contributed by atoms with Gasteiger partial charge in [-0.1, -0.05) is 54.6 Å². The molecule has 1 atom stereocenters. The molecule has 2 N–H and O–H groups in total. The molecule has 1 aliphatic heterocycles. The number of hydrogen-bond donors (Lipinski definition) is 2. The number of nitrogens with zero attached hydrogens (tertiary/aromatic N) is 1. The lowest BCUT2D eigenvalue weighted by Crippen LogP contribution is -2.23. The van der Waals surface area contributed by atoms with Gasteiger partial charge in [-0.3, -0.25) is 4.99 Å². The fourth-order valence-corrected chi connectivity index (χ4v) is 3.27. The SMILES string of the molecule is Cc1cc(O)c(C2=Nc3ccccc3N[C@H](/C=C/c3ccccc3)C2)c(=O)o1. The van der Waals surface area contributed by atoms with Crippen LogP contribution in [0.3, 0.4) is 0 Å². The molecule has 0 aliphatic carbocycles. The molecule has 3 aromatic rings. The van der Waals surface area contributed by atoms with Crippen LogP contribution in [-0.4, -0.2) is 16.9 Å². The number of rotatable bonds is 3. The van der Waals surface area contributed by atoms with Gasteiger partial charge in [-0.15, -0.1) is 0 Å². The Morgan fingerprint density at radius 2 is 1.89 bits per heavy atom. The Morgan fingerprint density at radius 1 is 1.14 bits per heavy atom. The Hall–Kier alpha value is -3.60. The summed E-state index contributed by atoms with van der Waals surface area (Å²) in [6.45, 7) is 1.63. The van der Waals surface area contributed by atoms with E-state index in [4.69, 9.17) is 4.42 Å². The maximum atomic E-state index is 12.4. The molecule has 28 heavy (non-hydrogen) atoms. The molecular weight excluding hydrogens is 352 g/mol. The quantitative estimate of drug-likeness (QED) is 0.700. The second kappa shape index (κ2) is 7.56. The van der Waals surface area contributed by atoms with Crippen LogP contribution in [0.1, 0.15) is 23.3 Å². The van der Waals surface area contributed by atoms with Crippen molar-refractivity contribution in [1.82, 2.24) is 0 Å². The third kappa shape index (κ3) is 3.74. The van der Waals surface area contributed by atoms with Crippen molar-refractivity contribution in [3.63, 3.8) is 0 Å². The Labute approximate surface area is 162 Å². The molecule has 5 heteroatoms. The van der Waals surface area contributed by atoms with E-state index in [2.05, 4.69) is 10.3 Å². The van der Waals surface area contributed by atoms with E-state index in [0.29, 0.717) is 23.6 Å². The third-order valence-electron chi connectivity index (χ3n) is 4.58. The highest BCUT2D eigenvalue weighted by molar-refractivity contribution is 6.05. The zero-order valence-electron chi connectivity index (χ0n) is 15.4. The van der Waals surface area contributed by atoms with Crippen LogP contribution in [0.15, 0.2) is 80.9 Å². The first-order valence-electron chi connectivity index (χ1n) is 9.10. The monoisotopic (exact) mass is 372 g/mol. The van der Waals surface area contributed by atoms with Crippen molar-refractivity contribution < 1.29 is 9.52 Å². The van der Waals surface area contributed by atoms with Gasteiger partial charge in [-0.05, 0) is 24.6 Å². The number of hydrogen-bond acceptors (Lipinski definition) is 5. The zero-order valence-corrected chi connectivity index (χ0v) is 15.4. The smallest absolute Gasteiger partial charge is 0.348 e. The number of para-hydroxylation sites is 2. The predicted octanol–water partition coefficient (Wildman–Crippen LogP) is 4.67. The van der Waals surface area contributed by atoms with E-state index in [0.717, 1.165) is 11.3 Å². The van der Waals surface area contributed by atoms with Crippen molar-refractivity contribution in [2.45, 2.75) is 19.4 Å². The number of anilines is 1. The van der Waals surface area contributed by atoms with Crippen LogP contribution < -0.4 is 10.9 Å². The first-order valence-corrected chi connectivity index (χ1v) is 9.10. The third-order valence-corrected chi connectivity index (χ3v) is 4.58. The van der Waals surface area contributed by atoms with E-state index in [1.54, 1.807) is 6.92 Å². The summed E-state index contributed by atoms with van der Waals surface area (Å²) in [5, 5.41) is 13.8. The molecule has 0 bridgehead atoms. The van der Waals surface area contributed by atoms with E-state index in [9.17, 15) is 9.90 Å². The van der Waals surface area contributed by atoms with Gasteiger partial charge in [0.2, 0.25) is 0 Å². The summed E-state index contributed by atoms with van der Waals surface area (Å²) in [6, 6.07) is 19.0. The summed E-state index contributed by atoms with van der Waals surface area (Å²) in [5.41, 5.74) is 2.69. The van der Waals surface area contributed by atoms with Crippen LogP contribution >= 0.6 is 0 Å². The minimum absolute atomic E-state index is 0.109. The number of nitrogens with one attached hydrogen (secondary N) is 1. The molecule has 0 saturated heterocycles. The fourth-order valence-electron chi connectivity index (χ4n) is 3.27. The largest absolute Gasteiger partial charge is 0.507 e. The molecule has 0 spiro atoms. The van der Waals surface area contributed by atoms with Gasteiger partial charge in [-0.2, -0.15) is 0 Å². The van der Waals surface area contributed by atoms with Crippen molar-refractivity contribution in [3.8, 4) is 5.75 Å². The first kappa shape index (κ1) is 17.8. The van der Waals surface area contributed by atoms with Crippen molar-refractivity contribution in [2.24, 2.45) is 4.99 Å². The molecule has 1 aromatic heterocycles. The first-order chi connectivity index (χ1) is 13.6. The Kier molecular flexibility index (Phi) is 4.81. The molecule has 140 valence electrons. The van der Waals surface area contributed by atoms with Gasteiger partial charge in [0.15, 0.2) is 0 Å². The van der Waals surface area contributed by atoms with Gasteiger partial charge in [-0.25, -0.2) is 4.79 Å². The van der Waals surface area contributed by atoms with Crippen molar-refractivity contribution in [3.05, 3.63) is 94.0 Å². The van der Waals surface area contributed by atoms with Gasteiger partial charge in [0, 0.05) is 12.5 Å². The van der Waals surface area contributed by atoms with Crippen LogP contribution in [0, 0.1) is 6.92 Å². The molecule has 5 nitrogen and oxygen atoms in total. The highest BCUT2D eigenvalue weighted by Gasteiger charge is 2.23. The maximum Gasteiger partial charge on any atom is 0.348 e.